The topological polar surface area (TPSA) is 32.3 Å². The molecule has 0 aromatic rings. The standard InChI is InChI=1S/C15H28N2O/c1-4-17(13-5-6-13)14(18)11-16-12-7-9-15(2,3)10-8-12/h12-13,16H,4-11H2,1-3H3. The van der Waals surface area contributed by atoms with E-state index in [9.17, 15) is 4.79 Å². The van der Waals surface area contributed by atoms with Crippen LogP contribution in [-0.4, -0.2) is 36.0 Å². The Bertz CT molecular complexity index is 287. The largest absolute Gasteiger partial charge is 0.339 e. The van der Waals surface area contributed by atoms with E-state index in [1.54, 1.807) is 0 Å². The molecule has 2 aliphatic rings. The van der Waals surface area contributed by atoms with Crippen molar-refractivity contribution in [3.8, 4) is 0 Å². The predicted molar refractivity (Wildman–Crippen MR) is 74.4 cm³/mol. The summed E-state index contributed by atoms with van der Waals surface area (Å²) in [6, 6.07) is 1.11. The molecule has 2 aliphatic carbocycles. The van der Waals surface area contributed by atoms with Crippen LogP contribution in [0.5, 0.6) is 0 Å². The van der Waals surface area contributed by atoms with Gasteiger partial charge in [0.15, 0.2) is 0 Å². The van der Waals surface area contributed by atoms with Crippen molar-refractivity contribution in [2.24, 2.45) is 5.41 Å². The third-order valence-corrected chi connectivity index (χ3v) is 4.53. The van der Waals surface area contributed by atoms with E-state index in [1.807, 2.05) is 4.90 Å². The van der Waals surface area contributed by atoms with Crippen molar-refractivity contribution < 1.29 is 4.79 Å². The summed E-state index contributed by atoms with van der Waals surface area (Å²) in [5.41, 5.74) is 0.506. The average molecular weight is 252 g/mol. The Morgan fingerprint density at radius 3 is 2.33 bits per heavy atom. The maximum Gasteiger partial charge on any atom is 0.236 e. The number of carbonyl (C=O) groups excluding carboxylic acids is 1. The summed E-state index contributed by atoms with van der Waals surface area (Å²) in [7, 11) is 0. The number of amides is 1. The predicted octanol–water partition coefficient (Wildman–Crippen LogP) is 2.56. The molecule has 3 nitrogen and oxygen atoms in total. The molecule has 1 amide bonds. The number of hydrogen-bond acceptors (Lipinski definition) is 2. The molecule has 3 heteroatoms. The first-order valence-corrected chi connectivity index (χ1v) is 7.55. The van der Waals surface area contributed by atoms with Crippen molar-refractivity contribution in [3.63, 3.8) is 0 Å². The Morgan fingerprint density at radius 2 is 1.83 bits per heavy atom. The van der Waals surface area contributed by atoms with Gasteiger partial charge >= 0.3 is 0 Å². The summed E-state index contributed by atoms with van der Waals surface area (Å²) < 4.78 is 0. The lowest BCUT2D eigenvalue weighted by Crippen LogP contribution is -2.44. The van der Waals surface area contributed by atoms with Gasteiger partial charge in [-0.3, -0.25) is 4.79 Å². The Balaban J connectivity index is 1.70. The van der Waals surface area contributed by atoms with Crippen LogP contribution >= 0.6 is 0 Å². The Morgan fingerprint density at radius 1 is 1.22 bits per heavy atom. The van der Waals surface area contributed by atoms with Gasteiger partial charge in [0, 0.05) is 18.6 Å². The van der Waals surface area contributed by atoms with Crippen molar-refractivity contribution in [1.82, 2.24) is 10.2 Å². The molecule has 18 heavy (non-hydrogen) atoms. The molecule has 0 bridgehead atoms. The molecular formula is C15H28N2O. The van der Waals surface area contributed by atoms with Crippen LogP contribution in [0.25, 0.3) is 0 Å². The molecule has 0 unspecified atom stereocenters. The first kappa shape index (κ1) is 13.9. The highest BCUT2D eigenvalue weighted by Gasteiger charge is 2.32. The highest BCUT2D eigenvalue weighted by molar-refractivity contribution is 5.78. The molecule has 1 N–H and O–H groups in total. The maximum absolute atomic E-state index is 12.1. The van der Waals surface area contributed by atoms with Gasteiger partial charge in [-0.1, -0.05) is 13.8 Å². The lowest BCUT2D eigenvalue weighted by atomic mass is 9.75. The van der Waals surface area contributed by atoms with Gasteiger partial charge in [-0.15, -0.1) is 0 Å². The summed E-state index contributed by atoms with van der Waals surface area (Å²) in [5, 5.41) is 3.47. The van der Waals surface area contributed by atoms with Gasteiger partial charge < -0.3 is 10.2 Å². The molecule has 0 atom stereocenters. The monoisotopic (exact) mass is 252 g/mol. The van der Waals surface area contributed by atoms with Crippen LogP contribution in [0.3, 0.4) is 0 Å². The Kier molecular flexibility index (Phi) is 4.31. The van der Waals surface area contributed by atoms with E-state index in [2.05, 4.69) is 26.1 Å². The molecule has 2 rings (SSSR count). The highest BCUT2D eigenvalue weighted by Crippen LogP contribution is 2.35. The van der Waals surface area contributed by atoms with E-state index in [0.717, 1.165) is 6.54 Å². The minimum absolute atomic E-state index is 0.296. The number of hydrogen-bond donors (Lipinski definition) is 1. The first-order chi connectivity index (χ1) is 8.52. The van der Waals surface area contributed by atoms with Crippen LogP contribution in [-0.2, 0) is 4.79 Å². The third kappa shape index (κ3) is 3.71. The van der Waals surface area contributed by atoms with Crippen LogP contribution in [0.15, 0.2) is 0 Å². The van der Waals surface area contributed by atoms with Gasteiger partial charge in [-0.2, -0.15) is 0 Å². The van der Waals surface area contributed by atoms with Gasteiger partial charge in [0.05, 0.1) is 6.54 Å². The van der Waals surface area contributed by atoms with E-state index in [1.165, 1.54) is 38.5 Å². The Labute approximate surface area is 111 Å². The number of rotatable bonds is 5. The molecule has 0 saturated heterocycles. The highest BCUT2D eigenvalue weighted by atomic mass is 16.2. The first-order valence-electron chi connectivity index (χ1n) is 7.55. The molecule has 104 valence electrons. The Hall–Kier alpha value is -0.570. The zero-order valence-electron chi connectivity index (χ0n) is 12.2. The number of nitrogens with one attached hydrogen (secondary N) is 1. The van der Waals surface area contributed by atoms with Crippen LogP contribution in [0.2, 0.25) is 0 Å². The summed E-state index contributed by atoms with van der Waals surface area (Å²) >= 11 is 0. The smallest absolute Gasteiger partial charge is 0.236 e. The molecule has 0 radical (unpaired) electrons. The fourth-order valence-electron chi connectivity index (χ4n) is 2.96. The SMILES string of the molecule is CCN(C(=O)CNC1CCC(C)(C)CC1)C1CC1. The third-order valence-electron chi connectivity index (χ3n) is 4.53. The number of nitrogens with zero attached hydrogens (tertiary/aromatic N) is 1. The van der Waals surface area contributed by atoms with Gasteiger partial charge in [-0.05, 0) is 50.9 Å². The normalized spacial score (nSPS) is 23.9. The van der Waals surface area contributed by atoms with Gasteiger partial charge in [0.25, 0.3) is 0 Å². The fourth-order valence-corrected chi connectivity index (χ4v) is 2.96. The quantitative estimate of drug-likeness (QED) is 0.815. The number of likely N-dealkylation sites (N-methyl/N-ethyl adjacent to an activating group) is 1. The van der Waals surface area contributed by atoms with Gasteiger partial charge in [0.1, 0.15) is 0 Å². The summed E-state index contributed by atoms with van der Waals surface area (Å²) in [6.07, 6.45) is 7.40. The summed E-state index contributed by atoms with van der Waals surface area (Å²) in [5.74, 6) is 0.296. The molecule has 0 spiro atoms. The fraction of sp³-hybridized carbons (Fsp3) is 0.933. The molecule has 0 aliphatic heterocycles. The maximum atomic E-state index is 12.1. The van der Waals surface area contributed by atoms with E-state index in [0.29, 0.717) is 30.0 Å². The zero-order chi connectivity index (χ0) is 13.2. The number of carbonyl (C=O) groups is 1. The van der Waals surface area contributed by atoms with Crippen molar-refractivity contribution >= 4 is 5.91 Å². The second-order valence-electron chi connectivity index (χ2n) is 6.73. The van der Waals surface area contributed by atoms with Crippen molar-refractivity contribution in [2.45, 2.75) is 71.4 Å². The molecule has 2 saturated carbocycles. The lowest BCUT2D eigenvalue weighted by Gasteiger charge is -2.35. The molecule has 2 fully saturated rings. The van der Waals surface area contributed by atoms with E-state index in [4.69, 9.17) is 0 Å². The zero-order valence-corrected chi connectivity index (χ0v) is 12.2. The minimum Gasteiger partial charge on any atom is -0.339 e. The molecule has 0 aromatic heterocycles. The lowest BCUT2D eigenvalue weighted by molar-refractivity contribution is -0.130. The summed E-state index contributed by atoms with van der Waals surface area (Å²) in [6.45, 7) is 8.18. The van der Waals surface area contributed by atoms with E-state index >= 15 is 0 Å². The van der Waals surface area contributed by atoms with Crippen LogP contribution in [0.1, 0.15) is 59.3 Å². The van der Waals surface area contributed by atoms with Crippen LogP contribution in [0.4, 0.5) is 0 Å². The van der Waals surface area contributed by atoms with Crippen LogP contribution < -0.4 is 5.32 Å². The van der Waals surface area contributed by atoms with E-state index < -0.39 is 0 Å². The van der Waals surface area contributed by atoms with Crippen molar-refractivity contribution in [3.05, 3.63) is 0 Å². The second-order valence-corrected chi connectivity index (χ2v) is 6.73. The average Bonchev–Trinajstić information content (AvgIpc) is 3.13. The van der Waals surface area contributed by atoms with E-state index in [-0.39, 0.29) is 0 Å². The van der Waals surface area contributed by atoms with Crippen molar-refractivity contribution in [1.29, 1.82) is 0 Å². The van der Waals surface area contributed by atoms with Crippen LogP contribution in [0, 0.1) is 5.41 Å². The minimum atomic E-state index is 0.296. The molecule has 0 aromatic carbocycles. The molecular weight excluding hydrogens is 224 g/mol. The molecule has 0 heterocycles. The van der Waals surface area contributed by atoms with Gasteiger partial charge in [-0.25, -0.2) is 0 Å². The van der Waals surface area contributed by atoms with Crippen molar-refractivity contribution in [2.75, 3.05) is 13.1 Å². The van der Waals surface area contributed by atoms with Gasteiger partial charge in [0.2, 0.25) is 5.91 Å². The summed E-state index contributed by atoms with van der Waals surface area (Å²) in [4.78, 5) is 14.1. The second kappa shape index (κ2) is 5.60.